The van der Waals surface area contributed by atoms with Gasteiger partial charge in [-0.3, -0.25) is 4.68 Å². The van der Waals surface area contributed by atoms with Crippen LogP contribution in [-0.4, -0.2) is 16.3 Å². The van der Waals surface area contributed by atoms with Crippen molar-refractivity contribution in [2.75, 3.05) is 6.54 Å². The van der Waals surface area contributed by atoms with E-state index in [9.17, 15) is 0 Å². The van der Waals surface area contributed by atoms with E-state index in [0.717, 1.165) is 24.2 Å². The quantitative estimate of drug-likeness (QED) is 0.868. The first-order valence-corrected chi connectivity index (χ1v) is 6.96. The fourth-order valence-electron chi connectivity index (χ4n) is 2.42. The van der Waals surface area contributed by atoms with E-state index in [4.69, 9.17) is 5.73 Å². The molecular formula is C17H21N3. The van der Waals surface area contributed by atoms with Crippen LogP contribution in [0.4, 0.5) is 0 Å². The Hall–Kier alpha value is -2.05. The highest BCUT2D eigenvalue weighted by molar-refractivity contribution is 5.36. The van der Waals surface area contributed by atoms with Crippen LogP contribution in [0, 0.1) is 25.7 Å². The van der Waals surface area contributed by atoms with Crippen molar-refractivity contribution in [3.8, 4) is 11.8 Å². The Labute approximate surface area is 120 Å². The summed E-state index contributed by atoms with van der Waals surface area (Å²) in [6, 6.07) is 8.26. The number of hydrogen-bond donors (Lipinski definition) is 1. The fraction of sp³-hybridized carbons (Fsp3) is 0.353. The molecule has 0 atom stereocenters. The van der Waals surface area contributed by atoms with Gasteiger partial charge in [-0.1, -0.05) is 30.9 Å². The SMILES string of the molecule is CCc1c(C)nn(Cc2ccc(C#CCN)cc2)c1C. The molecule has 1 aromatic carbocycles. The van der Waals surface area contributed by atoms with Crippen LogP contribution in [-0.2, 0) is 13.0 Å². The van der Waals surface area contributed by atoms with Crippen molar-refractivity contribution in [1.29, 1.82) is 0 Å². The van der Waals surface area contributed by atoms with Gasteiger partial charge in [0.2, 0.25) is 0 Å². The van der Waals surface area contributed by atoms with Crippen molar-refractivity contribution in [2.24, 2.45) is 5.73 Å². The lowest BCUT2D eigenvalue weighted by atomic mass is 10.1. The predicted octanol–water partition coefficient (Wildman–Crippen LogP) is 2.42. The lowest BCUT2D eigenvalue weighted by molar-refractivity contribution is 0.658. The van der Waals surface area contributed by atoms with Gasteiger partial charge < -0.3 is 5.73 Å². The van der Waals surface area contributed by atoms with Crippen LogP contribution in [0.15, 0.2) is 24.3 Å². The molecule has 104 valence electrons. The Kier molecular flexibility index (Phi) is 4.60. The number of hydrogen-bond acceptors (Lipinski definition) is 2. The number of nitrogens with two attached hydrogens (primary N) is 1. The summed E-state index contributed by atoms with van der Waals surface area (Å²) >= 11 is 0. The van der Waals surface area contributed by atoms with Crippen LogP contribution >= 0.6 is 0 Å². The normalized spacial score (nSPS) is 10.2. The number of aromatic nitrogens is 2. The number of nitrogens with zero attached hydrogens (tertiary/aromatic N) is 2. The van der Waals surface area contributed by atoms with E-state index in [0.29, 0.717) is 6.54 Å². The third-order valence-electron chi connectivity index (χ3n) is 3.51. The minimum absolute atomic E-state index is 0.396. The van der Waals surface area contributed by atoms with Gasteiger partial charge in [-0.05, 0) is 43.5 Å². The Morgan fingerprint density at radius 2 is 1.90 bits per heavy atom. The fourth-order valence-corrected chi connectivity index (χ4v) is 2.42. The van der Waals surface area contributed by atoms with Crippen LogP contribution in [0.2, 0.25) is 0 Å². The van der Waals surface area contributed by atoms with E-state index in [1.54, 1.807) is 0 Å². The van der Waals surface area contributed by atoms with Crippen LogP contribution in [0.5, 0.6) is 0 Å². The molecule has 0 fully saturated rings. The monoisotopic (exact) mass is 267 g/mol. The number of aryl methyl sites for hydroxylation is 1. The maximum atomic E-state index is 5.37. The molecule has 1 aromatic heterocycles. The van der Waals surface area contributed by atoms with E-state index in [2.05, 4.69) is 54.5 Å². The molecule has 0 spiro atoms. The first kappa shape index (κ1) is 14.4. The third-order valence-corrected chi connectivity index (χ3v) is 3.51. The largest absolute Gasteiger partial charge is 0.320 e. The highest BCUT2D eigenvalue weighted by Crippen LogP contribution is 2.15. The summed E-state index contributed by atoms with van der Waals surface area (Å²) in [6.07, 6.45) is 1.03. The lowest BCUT2D eigenvalue weighted by Gasteiger charge is -2.05. The summed E-state index contributed by atoms with van der Waals surface area (Å²) in [5, 5.41) is 4.62. The zero-order valence-electron chi connectivity index (χ0n) is 12.4. The summed E-state index contributed by atoms with van der Waals surface area (Å²) in [7, 11) is 0. The Morgan fingerprint density at radius 1 is 1.20 bits per heavy atom. The maximum Gasteiger partial charge on any atom is 0.0662 e. The van der Waals surface area contributed by atoms with Crippen LogP contribution < -0.4 is 5.73 Å². The first-order chi connectivity index (χ1) is 9.65. The summed E-state index contributed by atoms with van der Waals surface area (Å²) in [5.41, 5.74) is 11.4. The topological polar surface area (TPSA) is 43.8 Å². The molecule has 0 aliphatic rings. The van der Waals surface area contributed by atoms with Gasteiger partial charge in [-0.25, -0.2) is 0 Å². The van der Waals surface area contributed by atoms with Gasteiger partial charge in [0.25, 0.3) is 0 Å². The zero-order chi connectivity index (χ0) is 14.5. The molecule has 0 aliphatic heterocycles. The highest BCUT2D eigenvalue weighted by Gasteiger charge is 2.09. The Balaban J connectivity index is 2.18. The van der Waals surface area contributed by atoms with Crippen molar-refractivity contribution in [2.45, 2.75) is 33.7 Å². The van der Waals surface area contributed by atoms with Gasteiger partial charge in [0.15, 0.2) is 0 Å². The summed E-state index contributed by atoms with van der Waals surface area (Å²) in [5.74, 6) is 5.89. The molecule has 0 aliphatic carbocycles. The molecule has 0 unspecified atom stereocenters. The van der Waals surface area contributed by atoms with Crippen LogP contribution in [0.25, 0.3) is 0 Å². The highest BCUT2D eigenvalue weighted by atomic mass is 15.3. The van der Waals surface area contributed by atoms with E-state index in [1.165, 1.54) is 16.8 Å². The van der Waals surface area contributed by atoms with Crippen molar-refractivity contribution in [1.82, 2.24) is 9.78 Å². The molecule has 0 saturated carbocycles. The predicted molar refractivity (Wildman–Crippen MR) is 82.6 cm³/mol. The zero-order valence-corrected chi connectivity index (χ0v) is 12.4. The Morgan fingerprint density at radius 3 is 2.45 bits per heavy atom. The van der Waals surface area contributed by atoms with Gasteiger partial charge in [-0.2, -0.15) is 5.10 Å². The molecule has 3 heteroatoms. The van der Waals surface area contributed by atoms with E-state index < -0.39 is 0 Å². The smallest absolute Gasteiger partial charge is 0.0662 e. The second kappa shape index (κ2) is 6.40. The van der Waals surface area contributed by atoms with Gasteiger partial charge in [-0.15, -0.1) is 0 Å². The molecule has 2 N–H and O–H groups in total. The van der Waals surface area contributed by atoms with E-state index >= 15 is 0 Å². The minimum Gasteiger partial charge on any atom is -0.320 e. The minimum atomic E-state index is 0.396. The van der Waals surface area contributed by atoms with Gasteiger partial charge in [0.1, 0.15) is 0 Å². The summed E-state index contributed by atoms with van der Waals surface area (Å²) in [4.78, 5) is 0. The molecular weight excluding hydrogens is 246 g/mol. The molecule has 1 heterocycles. The number of rotatable bonds is 3. The summed E-state index contributed by atoms with van der Waals surface area (Å²) in [6.45, 7) is 7.59. The first-order valence-electron chi connectivity index (χ1n) is 6.96. The van der Waals surface area contributed by atoms with Gasteiger partial charge in [0.05, 0.1) is 18.8 Å². The second-order valence-electron chi connectivity index (χ2n) is 4.86. The average Bonchev–Trinajstić information content (AvgIpc) is 2.72. The second-order valence-corrected chi connectivity index (χ2v) is 4.86. The van der Waals surface area contributed by atoms with Gasteiger partial charge in [0, 0.05) is 11.3 Å². The van der Waals surface area contributed by atoms with Crippen LogP contribution in [0.1, 0.15) is 35.0 Å². The summed E-state index contributed by atoms with van der Waals surface area (Å²) < 4.78 is 2.08. The van der Waals surface area contributed by atoms with Crippen molar-refractivity contribution in [3.63, 3.8) is 0 Å². The molecule has 2 aromatic rings. The molecule has 0 saturated heterocycles. The third kappa shape index (κ3) is 3.09. The molecule has 20 heavy (non-hydrogen) atoms. The van der Waals surface area contributed by atoms with Crippen molar-refractivity contribution in [3.05, 3.63) is 52.3 Å². The van der Waals surface area contributed by atoms with Crippen LogP contribution in [0.3, 0.4) is 0 Å². The molecule has 0 radical (unpaired) electrons. The Bertz CT molecular complexity index is 639. The maximum absolute atomic E-state index is 5.37. The van der Waals surface area contributed by atoms with E-state index in [-0.39, 0.29) is 0 Å². The molecule has 3 nitrogen and oxygen atoms in total. The molecule has 2 rings (SSSR count). The average molecular weight is 267 g/mol. The molecule has 0 amide bonds. The molecule has 0 bridgehead atoms. The lowest BCUT2D eigenvalue weighted by Crippen LogP contribution is -2.04. The number of benzene rings is 1. The van der Waals surface area contributed by atoms with Crippen molar-refractivity contribution < 1.29 is 0 Å². The van der Waals surface area contributed by atoms with Gasteiger partial charge >= 0.3 is 0 Å². The van der Waals surface area contributed by atoms with E-state index in [1.807, 2.05) is 12.1 Å². The standard InChI is InChI=1S/C17H21N3/c1-4-17-13(2)19-20(14(17)3)12-16-9-7-15(8-10-16)6-5-11-18/h7-10H,4,11-12,18H2,1-3H3. The van der Waals surface area contributed by atoms with Crippen molar-refractivity contribution >= 4 is 0 Å².